The molecule has 0 radical (unpaired) electrons. The number of benzene rings is 2. The van der Waals surface area contributed by atoms with Crippen LogP contribution in [0.2, 0.25) is 0 Å². The van der Waals surface area contributed by atoms with Crippen molar-refractivity contribution in [1.82, 2.24) is 5.32 Å². The van der Waals surface area contributed by atoms with Crippen molar-refractivity contribution in [1.29, 1.82) is 0 Å². The lowest BCUT2D eigenvalue weighted by Crippen LogP contribution is -2.33. The number of rotatable bonds is 7. The van der Waals surface area contributed by atoms with Crippen LogP contribution in [-0.4, -0.2) is 30.7 Å². The molecule has 0 saturated carbocycles. The molecular formula is C20H23NO5. The third-order valence-corrected chi connectivity index (χ3v) is 4.11. The van der Waals surface area contributed by atoms with Gasteiger partial charge >= 0.3 is 5.97 Å². The molecule has 1 atom stereocenters. The van der Waals surface area contributed by atoms with Gasteiger partial charge in [-0.15, -0.1) is 0 Å². The van der Waals surface area contributed by atoms with Crippen LogP contribution in [0, 0.1) is 13.8 Å². The first-order valence-corrected chi connectivity index (χ1v) is 8.29. The molecule has 0 bridgehead atoms. The monoisotopic (exact) mass is 357 g/mol. The highest BCUT2D eigenvalue weighted by Crippen LogP contribution is 2.28. The van der Waals surface area contributed by atoms with Gasteiger partial charge in [0.05, 0.1) is 13.7 Å². The minimum absolute atomic E-state index is 0.292. The van der Waals surface area contributed by atoms with Crippen LogP contribution in [0.15, 0.2) is 36.4 Å². The number of amides is 1. The molecule has 2 N–H and O–H groups in total. The van der Waals surface area contributed by atoms with Gasteiger partial charge in [0, 0.05) is 5.56 Å². The first-order valence-electron chi connectivity index (χ1n) is 8.29. The maximum Gasteiger partial charge on any atom is 0.330 e. The molecule has 0 heterocycles. The van der Waals surface area contributed by atoms with Gasteiger partial charge in [-0.3, -0.25) is 4.79 Å². The number of hydrogen-bond donors (Lipinski definition) is 2. The molecule has 26 heavy (non-hydrogen) atoms. The van der Waals surface area contributed by atoms with Crippen LogP contribution < -0.4 is 14.8 Å². The van der Waals surface area contributed by atoms with Crippen molar-refractivity contribution in [2.24, 2.45) is 0 Å². The number of hydrogen-bond acceptors (Lipinski definition) is 4. The van der Waals surface area contributed by atoms with Crippen LogP contribution in [0.25, 0.3) is 0 Å². The first kappa shape index (κ1) is 19.3. The smallest absolute Gasteiger partial charge is 0.330 e. The summed E-state index contributed by atoms with van der Waals surface area (Å²) >= 11 is 0. The van der Waals surface area contributed by atoms with Crippen molar-refractivity contribution in [2.45, 2.75) is 26.8 Å². The molecule has 138 valence electrons. The summed E-state index contributed by atoms with van der Waals surface area (Å²) < 4.78 is 10.7. The van der Waals surface area contributed by atoms with Crippen LogP contribution in [0.5, 0.6) is 11.5 Å². The van der Waals surface area contributed by atoms with Gasteiger partial charge in [-0.1, -0.05) is 18.2 Å². The highest BCUT2D eigenvalue weighted by atomic mass is 16.5. The summed E-state index contributed by atoms with van der Waals surface area (Å²) in [7, 11) is 1.48. The van der Waals surface area contributed by atoms with E-state index < -0.39 is 17.9 Å². The first-order chi connectivity index (χ1) is 12.4. The summed E-state index contributed by atoms with van der Waals surface area (Å²) in [5.41, 5.74) is 2.83. The van der Waals surface area contributed by atoms with E-state index in [0.29, 0.717) is 29.2 Å². The summed E-state index contributed by atoms with van der Waals surface area (Å²) in [5.74, 6) is -0.690. The molecule has 1 unspecified atom stereocenters. The molecule has 0 aliphatic carbocycles. The Balaban J connectivity index is 2.27. The van der Waals surface area contributed by atoms with Crippen molar-refractivity contribution >= 4 is 11.9 Å². The summed E-state index contributed by atoms with van der Waals surface area (Å²) in [6.07, 6.45) is 0. The van der Waals surface area contributed by atoms with Crippen LogP contribution in [-0.2, 0) is 4.79 Å². The predicted octanol–water partition coefficient (Wildman–Crippen LogP) is 3.27. The minimum Gasteiger partial charge on any atom is -0.493 e. The number of carboxylic acids is 1. The van der Waals surface area contributed by atoms with Gasteiger partial charge in [0.2, 0.25) is 0 Å². The number of carbonyl (C=O) groups excluding carboxylic acids is 1. The molecule has 0 aliphatic rings. The van der Waals surface area contributed by atoms with Crippen LogP contribution in [0.1, 0.15) is 40.0 Å². The molecule has 6 heteroatoms. The highest BCUT2D eigenvalue weighted by Gasteiger charge is 2.23. The van der Waals surface area contributed by atoms with E-state index >= 15 is 0 Å². The van der Waals surface area contributed by atoms with Gasteiger partial charge < -0.3 is 19.9 Å². The third kappa shape index (κ3) is 4.33. The van der Waals surface area contributed by atoms with E-state index in [2.05, 4.69) is 5.32 Å². The van der Waals surface area contributed by atoms with Crippen LogP contribution >= 0.6 is 0 Å². The fourth-order valence-corrected chi connectivity index (χ4v) is 2.53. The maximum atomic E-state index is 12.6. The Morgan fingerprint density at radius 1 is 1.08 bits per heavy atom. The number of aliphatic carboxylic acids is 1. The zero-order valence-electron chi connectivity index (χ0n) is 15.3. The average molecular weight is 357 g/mol. The highest BCUT2D eigenvalue weighted by molar-refractivity contribution is 5.97. The largest absolute Gasteiger partial charge is 0.493 e. The van der Waals surface area contributed by atoms with E-state index in [-0.39, 0.29) is 0 Å². The molecule has 0 fully saturated rings. The van der Waals surface area contributed by atoms with Gasteiger partial charge in [0.25, 0.3) is 5.91 Å². The molecule has 0 aromatic heterocycles. The van der Waals surface area contributed by atoms with Crippen LogP contribution in [0.3, 0.4) is 0 Å². The topological polar surface area (TPSA) is 84.9 Å². The standard InChI is InChI=1S/C20H23NO5/c1-5-26-16-9-8-15(11-17(16)25-4)19(22)21-18(20(23)24)14-7-6-12(2)13(3)10-14/h6-11,18H,5H2,1-4H3,(H,21,22)(H,23,24). The van der Waals surface area contributed by atoms with E-state index in [1.54, 1.807) is 24.3 Å². The van der Waals surface area contributed by atoms with Crippen molar-refractivity contribution < 1.29 is 24.2 Å². The van der Waals surface area contributed by atoms with Gasteiger partial charge in [-0.05, 0) is 55.7 Å². The number of methoxy groups -OCH3 is 1. The summed E-state index contributed by atoms with van der Waals surface area (Å²) in [6, 6.07) is 8.91. The Bertz CT molecular complexity index is 816. The second kappa shape index (κ2) is 8.38. The van der Waals surface area contributed by atoms with E-state index in [1.165, 1.54) is 13.2 Å². The Kier molecular flexibility index (Phi) is 6.22. The van der Waals surface area contributed by atoms with E-state index in [4.69, 9.17) is 9.47 Å². The Morgan fingerprint density at radius 3 is 2.38 bits per heavy atom. The normalized spacial score (nSPS) is 11.5. The molecule has 6 nitrogen and oxygen atoms in total. The van der Waals surface area contributed by atoms with Crippen molar-refractivity contribution in [3.05, 3.63) is 58.7 Å². The molecule has 2 aromatic rings. The van der Waals surface area contributed by atoms with E-state index in [0.717, 1.165) is 11.1 Å². The van der Waals surface area contributed by atoms with E-state index in [1.807, 2.05) is 26.8 Å². The lowest BCUT2D eigenvalue weighted by Gasteiger charge is -2.17. The number of nitrogens with one attached hydrogen (secondary N) is 1. The molecule has 0 spiro atoms. The molecule has 1 amide bonds. The SMILES string of the molecule is CCOc1ccc(C(=O)NC(C(=O)O)c2ccc(C)c(C)c2)cc1OC. The Labute approximate surface area is 152 Å². The summed E-state index contributed by atoms with van der Waals surface area (Å²) in [4.78, 5) is 24.2. The van der Waals surface area contributed by atoms with Gasteiger partial charge in [-0.2, -0.15) is 0 Å². The van der Waals surface area contributed by atoms with E-state index in [9.17, 15) is 14.7 Å². The molecular weight excluding hydrogens is 334 g/mol. The zero-order chi connectivity index (χ0) is 19.3. The maximum absolute atomic E-state index is 12.6. The van der Waals surface area contributed by atoms with Gasteiger partial charge in [-0.25, -0.2) is 4.79 Å². The number of aryl methyl sites for hydroxylation is 2. The fraction of sp³-hybridized carbons (Fsp3) is 0.300. The minimum atomic E-state index is -1.14. The molecule has 0 saturated heterocycles. The van der Waals surface area contributed by atoms with Crippen molar-refractivity contribution in [3.63, 3.8) is 0 Å². The molecule has 0 aliphatic heterocycles. The lowest BCUT2D eigenvalue weighted by molar-refractivity contribution is -0.139. The fourth-order valence-electron chi connectivity index (χ4n) is 2.53. The Morgan fingerprint density at radius 2 is 1.81 bits per heavy atom. The second-order valence-electron chi connectivity index (χ2n) is 5.89. The summed E-state index contributed by atoms with van der Waals surface area (Å²) in [5, 5.41) is 12.1. The summed E-state index contributed by atoms with van der Waals surface area (Å²) in [6.45, 7) is 6.16. The number of carbonyl (C=O) groups is 2. The lowest BCUT2D eigenvalue weighted by atomic mass is 10.0. The number of ether oxygens (including phenoxy) is 2. The molecule has 2 rings (SSSR count). The molecule has 2 aromatic carbocycles. The van der Waals surface area contributed by atoms with Crippen LogP contribution in [0.4, 0.5) is 0 Å². The average Bonchev–Trinajstić information content (AvgIpc) is 2.62. The Hall–Kier alpha value is -3.02. The quantitative estimate of drug-likeness (QED) is 0.794. The van der Waals surface area contributed by atoms with Crippen molar-refractivity contribution in [3.8, 4) is 11.5 Å². The predicted molar refractivity (Wildman–Crippen MR) is 97.9 cm³/mol. The number of carboxylic acid groups (broad SMARTS) is 1. The zero-order valence-corrected chi connectivity index (χ0v) is 15.3. The third-order valence-electron chi connectivity index (χ3n) is 4.11. The van der Waals surface area contributed by atoms with Crippen molar-refractivity contribution in [2.75, 3.05) is 13.7 Å². The second-order valence-corrected chi connectivity index (χ2v) is 5.89. The van der Waals surface area contributed by atoms with Gasteiger partial charge in [0.15, 0.2) is 17.5 Å². The van der Waals surface area contributed by atoms with Gasteiger partial charge in [0.1, 0.15) is 0 Å².